The Kier molecular flexibility index (Phi) is 4.47. The molecule has 1 aromatic rings. The average Bonchev–Trinajstić information content (AvgIpc) is 2.98. The summed E-state index contributed by atoms with van der Waals surface area (Å²) in [4.78, 5) is 28.2. The number of ether oxygens (including phenoxy) is 1. The molecule has 0 aromatic heterocycles. The Hall–Kier alpha value is -1.43. The maximum absolute atomic E-state index is 12.4. The summed E-state index contributed by atoms with van der Waals surface area (Å²) in [5.74, 6) is -0.520. The number of amides is 2. The second-order valence-electron chi connectivity index (χ2n) is 5.86. The van der Waals surface area contributed by atoms with Crippen LogP contribution in [0, 0.1) is 11.8 Å². The zero-order valence-corrected chi connectivity index (χ0v) is 13.3. The number of methoxy groups -OCH3 is 1. The van der Waals surface area contributed by atoms with Gasteiger partial charge in [-0.25, -0.2) is 0 Å². The van der Waals surface area contributed by atoms with Gasteiger partial charge in [-0.3, -0.25) is 19.4 Å². The van der Waals surface area contributed by atoms with E-state index in [2.05, 4.69) is 4.90 Å². The van der Waals surface area contributed by atoms with Gasteiger partial charge in [0.25, 0.3) is 0 Å². The number of hydrogen-bond acceptors (Lipinski definition) is 4. The highest BCUT2D eigenvalue weighted by molar-refractivity contribution is 6.30. The number of carbonyl (C=O) groups excluding carboxylic acids is 2. The molecule has 0 radical (unpaired) electrons. The van der Waals surface area contributed by atoms with Crippen LogP contribution in [0.4, 0.5) is 0 Å². The van der Waals surface area contributed by atoms with E-state index in [1.165, 1.54) is 4.90 Å². The van der Waals surface area contributed by atoms with Gasteiger partial charge in [0.1, 0.15) is 0 Å². The van der Waals surface area contributed by atoms with Gasteiger partial charge in [0.05, 0.1) is 25.0 Å². The largest absolute Gasteiger partial charge is 0.383 e. The molecule has 0 N–H and O–H groups in total. The van der Waals surface area contributed by atoms with Crippen LogP contribution in [0.15, 0.2) is 24.3 Å². The van der Waals surface area contributed by atoms with Crippen molar-refractivity contribution >= 4 is 23.4 Å². The minimum atomic E-state index is -0.205. The van der Waals surface area contributed by atoms with E-state index in [4.69, 9.17) is 16.3 Å². The molecular weight excluding hydrogens is 304 g/mol. The molecule has 22 heavy (non-hydrogen) atoms. The topological polar surface area (TPSA) is 49.9 Å². The molecule has 0 bridgehead atoms. The van der Waals surface area contributed by atoms with Crippen molar-refractivity contribution in [3.8, 4) is 0 Å². The number of fused-ring (bicyclic) bond motifs is 1. The number of nitrogens with zero attached hydrogens (tertiary/aromatic N) is 2. The molecule has 2 atom stereocenters. The van der Waals surface area contributed by atoms with E-state index in [0.29, 0.717) is 37.8 Å². The Morgan fingerprint density at radius 1 is 1.23 bits per heavy atom. The quantitative estimate of drug-likeness (QED) is 0.769. The summed E-state index contributed by atoms with van der Waals surface area (Å²) >= 11 is 5.99. The summed E-state index contributed by atoms with van der Waals surface area (Å²) in [5.41, 5.74) is 1.10. The highest BCUT2D eigenvalue weighted by Crippen LogP contribution is 2.34. The van der Waals surface area contributed by atoms with Crippen molar-refractivity contribution in [2.45, 2.75) is 6.54 Å². The normalized spacial score (nSPS) is 25.1. The summed E-state index contributed by atoms with van der Waals surface area (Å²) < 4.78 is 4.96. The Bertz CT molecular complexity index is 569. The third-order valence-corrected chi connectivity index (χ3v) is 4.61. The zero-order valence-electron chi connectivity index (χ0n) is 12.5. The van der Waals surface area contributed by atoms with Crippen LogP contribution < -0.4 is 0 Å². The van der Waals surface area contributed by atoms with Gasteiger partial charge in [-0.15, -0.1) is 0 Å². The second kappa shape index (κ2) is 6.36. The molecule has 1 aromatic carbocycles. The van der Waals surface area contributed by atoms with Crippen LogP contribution >= 0.6 is 11.6 Å². The predicted molar refractivity (Wildman–Crippen MR) is 82.3 cm³/mol. The van der Waals surface area contributed by atoms with Crippen molar-refractivity contribution in [2.24, 2.45) is 11.8 Å². The lowest BCUT2D eigenvalue weighted by Crippen LogP contribution is -2.37. The summed E-state index contributed by atoms with van der Waals surface area (Å²) in [6, 6.07) is 7.68. The minimum Gasteiger partial charge on any atom is -0.383 e. The van der Waals surface area contributed by atoms with Crippen LogP contribution in [0.5, 0.6) is 0 Å². The van der Waals surface area contributed by atoms with Crippen LogP contribution in [0.3, 0.4) is 0 Å². The first-order valence-corrected chi connectivity index (χ1v) is 7.79. The van der Waals surface area contributed by atoms with Crippen molar-refractivity contribution in [2.75, 3.05) is 33.4 Å². The molecule has 0 aliphatic carbocycles. The van der Waals surface area contributed by atoms with Crippen LogP contribution in [-0.2, 0) is 20.9 Å². The minimum absolute atomic E-state index is 0.0550. The van der Waals surface area contributed by atoms with E-state index in [9.17, 15) is 9.59 Å². The lowest BCUT2D eigenvalue weighted by molar-refractivity contribution is -0.141. The number of rotatable bonds is 5. The first-order chi connectivity index (χ1) is 10.6. The Labute approximate surface area is 134 Å². The number of benzene rings is 1. The van der Waals surface area contributed by atoms with Gasteiger partial charge in [-0.2, -0.15) is 0 Å². The van der Waals surface area contributed by atoms with Gasteiger partial charge in [0, 0.05) is 31.8 Å². The highest BCUT2D eigenvalue weighted by atomic mass is 35.5. The molecule has 2 aliphatic rings. The fourth-order valence-corrected chi connectivity index (χ4v) is 3.53. The lowest BCUT2D eigenvalue weighted by Gasteiger charge is -2.20. The number of halogens is 1. The Morgan fingerprint density at radius 2 is 1.91 bits per heavy atom. The molecule has 0 unspecified atom stereocenters. The summed E-state index contributed by atoms with van der Waals surface area (Å²) in [6.45, 7) is 2.72. The molecule has 2 amide bonds. The van der Waals surface area contributed by atoms with Gasteiger partial charge >= 0.3 is 0 Å². The first kappa shape index (κ1) is 15.5. The van der Waals surface area contributed by atoms with Crippen LogP contribution in [0.1, 0.15) is 5.56 Å². The zero-order chi connectivity index (χ0) is 15.7. The van der Waals surface area contributed by atoms with Gasteiger partial charge in [0.2, 0.25) is 11.8 Å². The van der Waals surface area contributed by atoms with E-state index < -0.39 is 0 Å². The van der Waals surface area contributed by atoms with Crippen molar-refractivity contribution in [3.63, 3.8) is 0 Å². The molecule has 6 heteroatoms. The summed E-state index contributed by atoms with van der Waals surface area (Å²) in [6.07, 6.45) is 0. The molecule has 2 aliphatic heterocycles. The molecule has 0 saturated carbocycles. The molecule has 2 fully saturated rings. The first-order valence-electron chi connectivity index (χ1n) is 7.41. The van der Waals surface area contributed by atoms with Gasteiger partial charge in [-0.1, -0.05) is 23.7 Å². The number of likely N-dealkylation sites (tertiary alicyclic amines) is 2. The third kappa shape index (κ3) is 2.89. The van der Waals surface area contributed by atoms with Gasteiger partial charge < -0.3 is 4.74 Å². The fraction of sp³-hybridized carbons (Fsp3) is 0.500. The second-order valence-corrected chi connectivity index (χ2v) is 6.29. The predicted octanol–water partition coefficient (Wildman–Crippen LogP) is 1.40. The SMILES string of the molecule is COCCN1C(=O)[C@H]2CN(Cc3cccc(Cl)c3)C[C@H]2C1=O. The van der Waals surface area contributed by atoms with Crippen molar-refractivity contribution < 1.29 is 14.3 Å². The summed E-state index contributed by atoms with van der Waals surface area (Å²) in [7, 11) is 1.57. The standard InChI is InChI=1S/C16H19ClN2O3/c1-22-6-5-19-15(20)13-9-18(10-14(13)16(19)21)8-11-3-2-4-12(17)7-11/h2-4,7,13-14H,5-6,8-10H2,1H3/t13-,14+. The maximum atomic E-state index is 12.4. The van der Waals surface area contributed by atoms with Gasteiger partial charge in [-0.05, 0) is 17.7 Å². The monoisotopic (exact) mass is 322 g/mol. The number of imide groups is 1. The maximum Gasteiger partial charge on any atom is 0.234 e. The van der Waals surface area contributed by atoms with Crippen molar-refractivity contribution in [1.82, 2.24) is 9.80 Å². The highest BCUT2D eigenvalue weighted by Gasteiger charge is 2.51. The molecule has 5 nitrogen and oxygen atoms in total. The van der Waals surface area contributed by atoms with Crippen LogP contribution in [0.25, 0.3) is 0 Å². The molecule has 3 rings (SSSR count). The summed E-state index contributed by atoms with van der Waals surface area (Å²) in [5, 5.41) is 0.704. The lowest BCUT2D eigenvalue weighted by atomic mass is 10.00. The van der Waals surface area contributed by atoms with E-state index in [1.54, 1.807) is 7.11 Å². The molecule has 0 spiro atoms. The van der Waals surface area contributed by atoms with E-state index in [-0.39, 0.29) is 23.7 Å². The number of hydrogen-bond donors (Lipinski definition) is 0. The average molecular weight is 323 g/mol. The van der Waals surface area contributed by atoms with E-state index in [1.807, 2.05) is 24.3 Å². The Balaban J connectivity index is 1.64. The Morgan fingerprint density at radius 3 is 2.50 bits per heavy atom. The molecular formula is C16H19ClN2O3. The fourth-order valence-electron chi connectivity index (χ4n) is 3.32. The van der Waals surface area contributed by atoms with Crippen LogP contribution in [0.2, 0.25) is 5.02 Å². The van der Waals surface area contributed by atoms with Crippen molar-refractivity contribution in [1.29, 1.82) is 0 Å². The molecule has 2 saturated heterocycles. The van der Waals surface area contributed by atoms with E-state index >= 15 is 0 Å². The molecule has 118 valence electrons. The third-order valence-electron chi connectivity index (χ3n) is 4.38. The van der Waals surface area contributed by atoms with Crippen LogP contribution in [-0.4, -0.2) is 55.0 Å². The molecule has 2 heterocycles. The van der Waals surface area contributed by atoms with Crippen molar-refractivity contribution in [3.05, 3.63) is 34.9 Å². The number of carbonyl (C=O) groups is 2. The van der Waals surface area contributed by atoms with E-state index in [0.717, 1.165) is 5.56 Å². The smallest absolute Gasteiger partial charge is 0.234 e. The van der Waals surface area contributed by atoms with Gasteiger partial charge in [0.15, 0.2) is 0 Å².